The van der Waals surface area contributed by atoms with Crippen molar-refractivity contribution in [1.29, 1.82) is 0 Å². The highest BCUT2D eigenvalue weighted by molar-refractivity contribution is 5.27. The topological polar surface area (TPSA) is 42.7 Å². The summed E-state index contributed by atoms with van der Waals surface area (Å²) in [5.41, 5.74) is 1.34. The summed E-state index contributed by atoms with van der Waals surface area (Å²) in [5, 5.41) is 12.5. The van der Waals surface area contributed by atoms with E-state index in [1.165, 1.54) is 5.56 Å². The Hall–Kier alpha value is -1.68. The van der Waals surface area contributed by atoms with Crippen molar-refractivity contribution in [3.63, 3.8) is 0 Å². The van der Waals surface area contributed by atoms with Crippen molar-refractivity contribution in [3.05, 3.63) is 47.5 Å². The molecule has 112 valence electrons. The molecule has 0 saturated heterocycles. The molecular formula is C17H24N4. The molecule has 0 radical (unpaired) electrons. The van der Waals surface area contributed by atoms with E-state index in [1.54, 1.807) is 0 Å². The highest BCUT2D eigenvalue weighted by Gasteiger charge is 2.29. The van der Waals surface area contributed by atoms with Crippen LogP contribution < -0.4 is 5.32 Å². The van der Waals surface area contributed by atoms with Crippen molar-refractivity contribution in [2.75, 3.05) is 6.54 Å². The monoisotopic (exact) mass is 284 g/mol. The molecule has 1 N–H and O–H groups in total. The van der Waals surface area contributed by atoms with Crippen LogP contribution in [0.1, 0.15) is 56.4 Å². The number of hydrogen-bond donors (Lipinski definition) is 1. The third-order valence-corrected chi connectivity index (χ3v) is 4.63. The van der Waals surface area contributed by atoms with Crippen LogP contribution in [-0.2, 0) is 6.54 Å². The summed E-state index contributed by atoms with van der Waals surface area (Å²) in [6.07, 6.45) is 1.13. The molecule has 1 aromatic heterocycles. The van der Waals surface area contributed by atoms with Crippen molar-refractivity contribution >= 4 is 0 Å². The number of aromatic nitrogens is 3. The smallest absolute Gasteiger partial charge is 0.149 e. The predicted octanol–water partition coefficient (Wildman–Crippen LogP) is 3.12. The van der Waals surface area contributed by atoms with E-state index in [1.807, 2.05) is 0 Å². The average Bonchev–Trinajstić information content (AvgIpc) is 2.94. The highest BCUT2D eigenvalue weighted by atomic mass is 15.3. The minimum Gasteiger partial charge on any atom is -0.312 e. The van der Waals surface area contributed by atoms with E-state index < -0.39 is 0 Å². The number of rotatable bonds is 4. The van der Waals surface area contributed by atoms with E-state index in [0.717, 1.165) is 31.2 Å². The van der Waals surface area contributed by atoms with Gasteiger partial charge in [0.1, 0.15) is 11.6 Å². The van der Waals surface area contributed by atoms with Crippen LogP contribution in [0.25, 0.3) is 0 Å². The Balaban J connectivity index is 2.06. The maximum absolute atomic E-state index is 4.57. The van der Waals surface area contributed by atoms with E-state index in [2.05, 4.69) is 71.2 Å². The first-order chi connectivity index (χ1) is 10.2. The number of fused-ring (bicyclic) bond motifs is 1. The van der Waals surface area contributed by atoms with Crippen molar-refractivity contribution in [1.82, 2.24) is 20.1 Å². The van der Waals surface area contributed by atoms with Crippen LogP contribution in [0.15, 0.2) is 30.3 Å². The van der Waals surface area contributed by atoms with E-state index in [4.69, 9.17) is 0 Å². The molecule has 0 fully saturated rings. The largest absolute Gasteiger partial charge is 0.312 e. The van der Waals surface area contributed by atoms with Crippen molar-refractivity contribution in [3.8, 4) is 0 Å². The lowest BCUT2D eigenvalue weighted by atomic mass is 9.85. The molecule has 21 heavy (non-hydrogen) atoms. The molecule has 3 unspecified atom stereocenters. The quantitative estimate of drug-likeness (QED) is 0.938. The molecule has 4 heteroatoms. The standard InChI is InChI=1S/C17H24N4/c1-4-12(2)15(14-8-6-5-7-9-14)17-20-19-16-13(3)18-10-11-21(16)17/h5-9,12-13,15,18H,4,10-11H2,1-3H3. The zero-order valence-electron chi connectivity index (χ0n) is 13.1. The first-order valence-corrected chi connectivity index (χ1v) is 7.93. The Morgan fingerprint density at radius 1 is 1.29 bits per heavy atom. The Morgan fingerprint density at radius 2 is 2.05 bits per heavy atom. The third kappa shape index (κ3) is 2.60. The molecule has 1 aromatic carbocycles. The molecule has 4 nitrogen and oxygen atoms in total. The normalized spacial score (nSPS) is 20.8. The summed E-state index contributed by atoms with van der Waals surface area (Å²) in [6, 6.07) is 11.0. The fourth-order valence-electron chi connectivity index (χ4n) is 3.22. The van der Waals surface area contributed by atoms with Crippen molar-refractivity contribution in [2.24, 2.45) is 5.92 Å². The molecule has 0 saturated carbocycles. The van der Waals surface area contributed by atoms with Gasteiger partial charge >= 0.3 is 0 Å². The van der Waals surface area contributed by atoms with Gasteiger partial charge in [0, 0.05) is 19.0 Å². The maximum Gasteiger partial charge on any atom is 0.149 e. The number of nitrogens with zero attached hydrogens (tertiary/aromatic N) is 3. The van der Waals surface area contributed by atoms with Gasteiger partial charge in [-0.15, -0.1) is 10.2 Å². The van der Waals surface area contributed by atoms with Gasteiger partial charge < -0.3 is 9.88 Å². The number of hydrogen-bond acceptors (Lipinski definition) is 3. The molecule has 1 aliphatic rings. The molecule has 0 bridgehead atoms. The van der Waals surface area contributed by atoms with E-state index in [-0.39, 0.29) is 6.04 Å². The van der Waals surface area contributed by atoms with Crippen LogP contribution in [0.4, 0.5) is 0 Å². The second-order valence-corrected chi connectivity index (χ2v) is 6.02. The van der Waals surface area contributed by atoms with E-state index in [0.29, 0.717) is 11.8 Å². The number of nitrogens with one attached hydrogen (secondary N) is 1. The van der Waals surface area contributed by atoms with E-state index in [9.17, 15) is 0 Å². The second kappa shape index (κ2) is 5.98. The fraction of sp³-hybridized carbons (Fsp3) is 0.529. The van der Waals surface area contributed by atoms with Gasteiger partial charge in [-0.25, -0.2) is 0 Å². The van der Waals surface area contributed by atoms with Crippen molar-refractivity contribution in [2.45, 2.75) is 45.7 Å². The van der Waals surface area contributed by atoms with Gasteiger partial charge in [-0.1, -0.05) is 50.6 Å². The van der Waals surface area contributed by atoms with Crippen molar-refractivity contribution < 1.29 is 0 Å². The first-order valence-electron chi connectivity index (χ1n) is 7.93. The Morgan fingerprint density at radius 3 is 2.76 bits per heavy atom. The SMILES string of the molecule is CCC(C)C(c1ccccc1)c1nnc2n1CCNC2C. The molecule has 2 heterocycles. The van der Waals surface area contributed by atoms with Crippen LogP contribution >= 0.6 is 0 Å². The van der Waals surface area contributed by atoms with Gasteiger partial charge in [-0.3, -0.25) is 0 Å². The fourth-order valence-corrected chi connectivity index (χ4v) is 3.22. The Kier molecular flexibility index (Phi) is 4.06. The minimum absolute atomic E-state index is 0.286. The van der Waals surface area contributed by atoms with Gasteiger partial charge in [0.25, 0.3) is 0 Å². The molecule has 1 aliphatic heterocycles. The number of benzene rings is 1. The van der Waals surface area contributed by atoms with Crippen LogP contribution in [0, 0.1) is 5.92 Å². The Labute approximate surface area is 126 Å². The summed E-state index contributed by atoms with van der Waals surface area (Å²) in [4.78, 5) is 0. The van der Waals surface area contributed by atoms with Gasteiger partial charge in [-0.2, -0.15) is 0 Å². The summed E-state index contributed by atoms with van der Waals surface area (Å²) in [7, 11) is 0. The summed E-state index contributed by atoms with van der Waals surface area (Å²) < 4.78 is 2.32. The molecular weight excluding hydrogens is 260 g/mol. The van der Waals surface area contributed by atoms with Crippen LogP contribution in [0.2, 0.25) is 0 Å². The van der Waals surface area contributed by atoms with Crippen LogP contribution in [0.5, 0.6) is 0 Å². The lowest BCUT2D eigenvalue weighted by Gasteiger charge is -2.27. The highest BCUT2D eigenvalue weighted by Crippen LogP contribution is 2.34. The second-order valence-electron chi connectivity index (χ2n) is 6.02. The molecule has 3 atom stereocenters. The molecule has 0 aliphatic carbocycles. The lowest BCUT2D eigenvalue weighted by molar-refractivity contribution is 0.405. The minimum atomic E-state index is 0.286. The summed E-state index contributed by atoms with van der Waals surface area (Å²) in [6.45, 7) is 8.66. The van der Waals surface area contributed by atoms with Gasteiger partial charge in [0.2, 0.25) is 0 Å². The molecule has 2 aromatic rings. The summed E-state index contributed by atoms with van der Waals surface area (Å²) in [5.74, 6) is 3.06. The average molecular weight is 284 g/mol. The zero-order valence-corrected chi connectivity index (χ0v) is 13.1. The Bertz CT molecular complexity index is 590. The summed E-state index contributed by atoms with van der Waals surface area (Å²) >= 11 is 0. The van der Waals surface area contributed by atoms with Crippen LogP contribution in [0.3, 0.4) is 0 Å². The van der Waals surface area contributed by atoms with Gasteiger partial charge in [0.15, 0.2) is 0 Å². The molecule has 3 rings (SSSR count). The third-order valence-electron chi connectivity index (χ3n) is 4.63. The predicted molar refractivity (Wildman–Crippen MR) is 84.2 cm³/mol. The lowest BCUT2D eigenvalue weighted by Crippen LogP contribution is -2.33. The molecule has 0 amide bonds. The van der Waals surface area contributed by atoms with E-state index >= 15 is 0 Å². The maximum atomic E-state index is 4.57. The van der Waals surface area contributed by atoms with Gasteiger partial charge in [-0.05, 0) is 18.4 Å². The zero-order chi connectivity index (χ0) is 14.8. The first kappa shape index (κ1) is 14.3. The molecule has 0 spiro atoms. The van der Waals surface area contributed by atoms with Crippen LogP contribution in [-0.4, -0.2) is 21.3 Å². The van der Waals surface area contributed by atoms with Gasteiger partial charge in [0.05, 0.1) is 6.04 Å².